The van der Waals surface area contributed by atoms with Crippen LogP contribution >= 0.6 is 24.0 Å². The molecule has 0 bridgehead atoms. The van der Waals surface area contributed by atoms with Crippen LogP contribution in [0.3, 0.4) is 0 Å². The van der Waals surface area contributed by atoms with Crippen molar-refractivity contribution in [3.8, 4) is 0 Å². The van der Waals surface area contributed by atoms with E-state index in [1.807, 2.05) is 26.2 Å². The number of halogens is 1. The van der Waals surface area contributed by atoms with Crippen molar-refractivity contribution >= 4 is 40.7 Å². The summed E-state index contributed by atoms with van der Waals surface area (Å²) < 4.78 is 0. The summed E-state index contributed by atoms with van der Waals surface area (Å²) in [6, 6.07) is 14.7. The first kappa shape index (κ1) is 14.8. The number of aliphatic imine (C=N–C) groups is 1. The third-order valence-electron chi connectivity index (χ3n) is 2.70. The van der Waals surface area contributed by atoms with Gasteiger partial charge >= 0.3 is 0 Å². The fourth-order valence-electron chi connectivity index (χ4n) is 1.65. The van der Waals surface area contributed by atoms with Crippen molar-refractivity contribution in [2.75, 3.05) is 14.1 Å². The van der Waals surface area contributed by atoms with Crippen LogP contribution in [0.5, 0.6) is 0 Å². The maximum Gasteiger partial charge on any atom is 0.191 e. The number of rotatable bonds is 2. The first-order chi connectivity index (χ1) is 8.16. The molecule has 3 nitrogen and oxygen atoms in total. The minimum atomic E-state index is 0. The number of hydrogen-bond donors (Lipinski definition) is 1. The minimum Gasteiger partial charge on any atom is -0.370 e. The van der Waals surface area contributed by atoms with Crippen LogP contribution in [0.25, 0.3) is 10.8 Å². The van der Waals surface area contributed by atoms with E-state index >= 15 is 0 Å². The van der Waals surface area contributed by atoms with E-state index in [2.05, 4.69) is 35.3 Å². The summed E-state index contributed by atoms with van der Waals surface area (Å²) >= 11 is 0. The second-order valence-corrected chi connectivity index (χ2v) is 4.25. The predicted octanol–water partition coefficient (Wildman–Crippen LogP) is 2.83. The molecule has 2 rings (SSSR count). The molecular formula is C14H18IN3. The first-order valence-corrected chi connectivity index (χ1v) is 5.62. The van der Waals surface area contributed by atoms with E-state index in [9.17, 15) is 0 Å². The Bertz CT molecular complexity index is 549. The average Bonchev–Trinajstić information content (AvgIpc) is 2.35. The Morgan fingerprint density at radius 3 is 2.44 bits per heavy atom. The van der Waals surface area contributed by atoms with Crippen LogP contribution in [0.15, 0.2) is 47.5 Å². The zero-order valence-corrected chi connectivity index (χ0v) is 13.0. The molecule has 0 aliphatic rings. The van der Waals surface area contributed by atoms with Crippen LogP contribution in [-0.4, -0.2) is 25.0 Å². The first-order valence-electron chi connectivity index (χ1n) is 5.62. The summed E-state index contributed by atoms with van der Waals surface area (Å²) in [5, 5.41) is 2.49. The molecule has 0 unspecified atom stereocenters. The van der Waals surface area contributed by atoms with E-state index in [4.69, 9.17) is 5.73 Å². The normalized spacial score (nSPS) is 11.1. The standard InChI is InChI=1S/C14H17N3.HI/c1-17(2)14(15)16-10-11-7-8-12-5-3-4-6-13(12)9-11;/h3-9H,10H2,1-2H3,(H2,15,16);1H. The minimum absolute atomic E-state index is 0. The van der Waals surface area contributed by atoms with Gasteiger partial charge in [0.2, 0.25) is 0 Å². The van der Waals surface area contributed by atoms with E-state index in [1.54, 1.807) is 4.90 Å². The van der Waals surface area contributed by atoms with E-state index in [0.717, 1.165) is 0 Å². The summed E-state index contributed by atoms with van der Waals surface area (Å²) in [6.45, 7) is 0.620. The Morgan fingerprint density at radius 1 is 1.11 bits per heavy atom. The van der Waals surface area contributed by atoms with Gasteiger partial charge in [-0.25, -0.2) is 4.99 Å². The number of fused-ring (bicyclic) bond motifs is 1. The molecule has 2 aromatic rings. The van der Waals surface area contributed by atoms with Crippen LogP contribution in [0, 0.1) is 0 Å². The zero-order chi connectivity index (χ0) is 12.3. The van der Waals surface area contributed by atoms with Crippen LogP contribution in [0.1, 0.15) is 5.56 Å². The molecule has 0 amide bonds. The summed E-state index contributed by atoms with van der Waals surface area (Å²) in [5.74, 6) is 0.554. The zero-order valence-electron chi connectivity index (χ0n) is 10.6. The van der Waals surface area contributed by atoms with Crippen molar-refractivity contribution < 1.29 is 0 Å². The second-order valence-electron chi connectivity index (χ2n) is 4.25. The molecule has 0 saturated heterocycles. The van der Waals surface area contributed by atoms with E-state index < -0.39 is 0 Å². The molecule has 0 radical (unpaired) electrons. The third-order valence-corrected chi connectivity index (χ3v) is 2.70. The lowest BCUT2D eigenvalue weighted by atomic mass is 10.1. The van der Waals surface area contributed by atoms with Gasteiger partial charge in [0.1, 0.15) is 0 Å². The molecule has 2 N–H and O–H groups in total. The average molecular weight is 355 g/mol. The molecule has 0 heterocycles. The van der Waals surface area contributed by atoms with Gasteiger partial charge in [0.05, 0.1) is 6.54 Å². The molecule has 2 aromatic carbocycles. The number of guanidine groups is 1. The Labute approximate surface area is 125 Å². The fraction of sp³-hybridized carbons (Fsp3) is 0.214. The van der Waals surface area contributed by atoms with E-state index in [0.29, 0.717) is 12.5 Å². The highest BCUT2D eigenvalue weighted by atomic mass is 127. The Kier molecular flexibility index (Phi) is 5.40. The molecule has 0 saturated carbocycles. The van der Waals surface area contributed by atoms with Gasteiger partial charge in [0, 0.05) is 14.1 Å². The fourth-order valence-corrected chi connectivity index (χ4v) is 1.65. The lowest BCUT2D eigenvalue weighted by Gasteiger charge is -2.10. The van der Waals surface area contributed by atoms with Crippen molar-refractivity contribution in [3.05, 3.63) is 48.0 Å². The SMILES string of the molecule is CN(C)C(N)=NCc1ccc2ccccc2c1.I. The number of nitrogens with zero attached hydrogens (tertiary/aromatic N) is 2. The van der Waals surface area contributed by atoms with Crippen molar-refractivity contribution in [3.63, 3.8) is 0 Å². The van der Waals surface area contributed by atoms with Crippen LogP contribution < -0.4 is 5.73 Å². The van der Waals surface area contributed by atoms with Crippen molar-refractivity contribution in [1.29, 1.82) is 0 Å². The maximum absolute atomic E-state index is 5.75. The summed E-state index contributed by atoms with van der Waals surface area (Å²) in [5.41, 5.74) is 6.93. The molecule has 0 aliphatic carbocycles. The quantitative estimate of drug-likeness (QED) is 0.511. The predicted molar refractivity (Wildman–Crippen MR) is 88.4 cm³/mol. The third kappa shape index (κ3) is 3.60. The smallest absolute Gasteiger partial charge is 0.191 e. The monoisotopic (exact) mass is 355 g/mol. The van der Waals surface area contributed by atoms with Gasteiger partial charge in [0.25, 0.3) is 0 Å². The maximum atomic E-state index is 5.75. The van der Waals surface area contributed by atoms with Gasteiger partial charge in [0.15, 0.2) is 5.96 Å². The Morgan fingerprint density at radius 2 is 1.78 bits per heavy atom. The van der Waals surface area contributed by atoms with Crippen molar-refractivity contribution in [2.45, 2.75) is 6.54 Å². The van der Waals surface area contributed by atoms with Crippen molar-refractivity contribution in [1.82, 2.24) is 4.90 Å². The molecule has 0 aliphatic heterocycles. The lowest BCUT2D eigenvalue weighted by molar-refractivity contribution is 0.609. The Hall–Kier alpha value is -1.30. The Balaban J connectivity index is 0.00000162. The molecule has 0 fully saturated rings. The van der Waals surface area contributed by atoms with Crippen molar-refractivity contribution in [2.24, 2.45) is 10.7 Å². The van der Waals surface area contributed by atoms with E-state index in [1.165, 1.54) is 16.3 Å². The molecule has 4 heteroatoms. The van der Waals surface area contributed by atoms with Gasteiger partial charge < -0.3 is 10.6 Å². The van der Waals surface area contributed by atoms with Gasteiger partial charge in [-0.3, -0.25) is 0 Å². The highest BCUT2D eigenvalue weighted by Crippen LogP contribution is 2.16. The van der Waals surface area contributed by atoms with Gasteiger partial charge in [-0.1, -0.05) is 36.4 Å². The van der Waals surface area contributed by atoms with Gasteiger partial charge in [-0.2, -0.15) is 0 Å². The summed E-state index contributed by atoms with van der Waals surface area (Å²) in [7, 11) is 3.78. The second kappa shape index (κ2) is 6.58. The van der Waals surface area contributed by atoms with Gasteiger partial charge in [-0.15, -0.1) is 24.0 Å². The van der Waals surface area contributed by atoms with Crippen LogP contribution in [-0.2, 0) is 6.54 Å². The molecular weight excluding hydrogens is 337 g/mol. The van der Waals surface area contributed by atoms with Crippen LogP contribution in [0.2, 0.25) is 0 Å². The number of hydrogen-bond acceptors (Lipinski definition) is 1. The van der Waals surface area contributed by atoms with E-state index in [-0.39, 0.29) is 24.0 Å². The molecule has 0 atom stereocenters. The summed E-state index contributed by atoms with van der Waals surface area (Å²) in [4.78, 5) is 6.13. The molecule has 18 heavy (non-hydrogen) atoms. The largest absolute Gasteiger partial charge is 0.370 e. The number of benzene rings is 2. The number of nitrogens with two attached hydrogens (primary N) is 1. The lowest BCUT2D eigenvalue weighted by Crippen LogP contribution is -2.30. The molecule has 96 valence electrons. The highest BCUT2D eigenvalue weighted by molar-refractivity contribution is 14.0. The highest BCUT2D eigenvalue weighted by Gasteiger charge is 1.97. The molecule has 0 aromatic heterocycles. The summed E-state index contributed by atoms with van der Waals surface area (Å²) in [6.07, 6.45) is 0. The van der Waals surface area contributed by atoms with Crippen LogP contribution in [0.4, 0.5) is 0 Å². The van der Waals surface area contributed by atoms with Gasteiger partial charge in [-0.05, 0) is 22.4 Å². The molecule has 0 spiro atoms. The topological polar surface area (TPSA) is 41.6 Å².